The Kier molecular flexibility index (Phi) is 5.83. The van der Waals surface area contributed by atoms with Crippen LogP contribution in [0.15, 0.2) is 22.7 Å². The summed E-state index contributed by atoms with van der Waals surface area (Å²) < 4.78 is 20.3. The first-order valence-corrected chi connectivity index (χ1v) is 9.22. The molecule has 0 spiro atoms. The molecule has 0 saturated heterocycles. The maximum Gasteiger partial charge on any atom is 0.336 e. The molecular weight excluding hydrogens is 364 g/mol. The molecule has 0 bridgehead atoms. The van der Waals surface area contributed by atoms with Gasteiger partial charge in [0, 0.05) is 21.9 Å². The Bertz CT molecular complexity index is 785. The summed E-state index contributed by atoms with van der Waals surface area (Å²) in [7, 11) is 0. The topological polar surface area (TPSA) is 98.4 Å². The molecule has 0 amide bonds. The Morgan fingerprint density at radius 1 is 1.44 bits per heavy atom. The lowest BCUT2D eigenvalue weighted by Gasteiger charge is -2.26. The molecule has 0 aliphatic carbocycles. The molecule has 0 radical (unpaired) electrons. The van der Waals surface area contributed by atoms with Gasteiger partial charge in [0.25, 0.3) is 0 Å². The zero-order chi connectivity index (χ0) is 18.9. The molecule has 2 aromatic rings. The van der Waals surface area contributed by atoms with Crippen LogP contribution in [0.2, 0.25) is 5.02 Å². The highest BCUT2D eigenvalue weighted by atomic mass is 35.5. The van der Waals surface area contributed by atoms with E-state index in [1.54, 1.807) is 26.0 Å². The first-order valence-electron chi connectivity index (χ1n) is 7.69. The van der Waals surface area contributed by atoms with Gasteiger partial charge in [0.1, 0.15) is 10.8 Å². The SMILES string of the molecule is Cc1noc([C@H](C)N[S+]([O-])C(C)(C)C)c1-c1ccc(Cl)cc1C(=O)O. The van der Waals surface area contributed by atoms with Crippen LogP contribution >= 0.6 is 11.6 Å². The van der Waals surface area contributed by atoms with E-state index in [0.29, 0.717) is 27.6 Å². The van der Waals surface area contributed by atoms with E-state index < -0.39 is 28.1 Å². The predicted octanol–water partition coefficient (Wildman–Crippen LogP) is 4.11. The molecule has 0 aliphatic rings. The molecule has 2 atom stereocenters. The predicted molar refractivity (Wildman–Crippen MR) is 98.1 cm³/mol. The number of aromatic nitrogens is 1. The summed E-state index contributed by atoms with van der Waals surface area (Å²) >= 11 is 4.61. The minimum absolute atomic E-state index is 0.0594. The van der Waals surface area contributed by atoms with Crippen molar-refractivity contribution < 1.29 is 19.0 Å². The van der Waals surface area contributed by atoms with Gasteiger partial charge in [0.2, 0.25) is 0 Å². The Hall–Kier alpha value is -1.54. The van der Waals surface area contributed by atoms with Gasteiger partial charge in [0.05, 0.1) is 16.8 Å². The quantitative estimate of drug-likeness (QED) is 0.752. The highest BCUT2D eigenvalue weighted by Crippen LogP contribution is 2.35. The molecular formula is C17H21ClN2O4S. The number of carboxylic acid groups (broad SMARTS) is 1. The molecule has 0 saturated carbocycles. The van der Waals surface area contributed by atoms with Gasteiger partial charge < -0.3 is 14.2 Å². The van der Waals surface area contributed by atoms with Crippen molar-refractivity contribution in [1.29, 1.82) is 0 Å². The molecule has 25 heavy (non-hydrogen) atoms. The molecule has 6 nitrogen and oxygen atoms in total. The van der Waals surface area contributed by atoms with Crippen molar-refractivity contribution in [1.82, 2.24) is 9.88 Å². The maximum absolute atomic E-state index is 12.3. The Morgan fingerprint density at radius 2 is 2.08 bits per heavy atom. The molecule has 0 aliphatic heterocycles. The molecule has 1 aromatic heterocycles. The number of benzene rings is 1. The van der Waals surface area contributed by atoms with Gasteiger partial charge in [-0.2, -0.15) is 0 Å². The molecule has 2 N–H and O–H groups in total. The summed E-state index contributed by atoms with van der Waals surface area (Å²) in [6.07, 6.45) is 0. The first-order chi connectivity index (χ1) is 11.5. The second-order valence-corrected chi connectivity index (χ2v) is 9.16. The number of hydrogen-bond donors (Lipinski definition) is 2. The fourth-order valence-electron chi connectivity index (χ4n) is 2.31. The summed E-state index contributed by atoms with van der Waals surface area (Å²) in [5.41, 5.74) is 1.64. The average Bonchev–Trinajstić information content (AvgIpc) is 2.87. The van der Waals surface area contributed by atoms with E-state index in [0.717, 1.165) is 0 Å². The number of nitrogens with zero attached hydrogens (tertiary/aromatic N) is 1. The highest BCUT2D eigenvalue weighted by molar-refractivity contribution is 7.90. The van der Waals surface area contributed by atoms with Gasteiger partial charge in [-0.15, -0.1) is 4.72 Å². The number of rotatable bonds is 5. The Balaban J connectivity index is 2.49. The monoisotopic (exact) mass is 384 g/mol. The van der Waals surface area contributed by atoms with Gasteiger partial charge in [-0.05, 0) is 46.8 Å². The summed E-state index contributed by atoms with van der Waals surface area (Å²) in [5.74, 6) is -0.664. The number of carboxylic acids is 1. The fourth-order valence-corrected chi connectivity index (χ4v) is 3.27. The van der Waals surface area contributed by atoms with Crippen LogP contribution in [0.3, 0.4) is 0 Å². The van der Waals surface area contributed by atoms with Crippen LogP contribution in [-0.4, -0.2) is 25.5 Å². The number of aromatic carboxylic acids is 1. The molecule has 1 aromatic carbocycles. The number of aryl methyl sites for hydroxylation is 1. The third-order valence-corrected chi connectivity index (χ3v) is 5.52. The van der Waals surface area contributed by atoms with E-state index in [2.05, 4.69) is 9.88 Å². The third kappa shape index (κ3) is 4.36. The third-order valence-electron chi connectivity index (χ3n) is 3.60. The fraction of sp³-hybridized carbons (Fsp3) is 0.412. The van der Waals surface area contributed by atoms with Gasteiger partial charge in [-0.3, -0.25) is 0 Å². The van der Waals surface area contributed by atoms with E-state index in [9.17, 15) is 14.5 Å². The van der Waals surface area contributed by atoms with Crippen molar-refractivity contribution in [2.45, 2.75) is 45.4 Å². The van der Waals surface area contributed by atoms with E-state index in [1.807, 2.05) is 20.8 Å². The van der Waals surface area contributed by atoms with Crippen LogP contribution in [0.25, 0.3) is 11.1 Å². The molecule has 136 valence electrons. The zero-order valence-electron chi connectivity index (χ0n) is 14.7. The van der Waals surface area contributed by atoms with Crippen LogP contribution in [-0.2, 0) is 11.4 Å². The van der Waals surface area contributed by atoms with Crippen molar-refractivity contribution in [2.75, 3.05) is 0 Å². The van der Waals surface area contributed by atoms with Crippen LogP contribution in [0.4, 0.5) is 0 Å². The van der Waals surface area contributed by atoms with Gasteiger partial charge in [-0.1, -0.05) is 22.8 Å². The molecule has 2 rings (SSSR count). The Labute approximate surface area is 154 Å². The lowest BCUT2D eigenvalue weighted by atomic mass is 9.96. The van der Waals surface area contributed by atoms with Crippen molar-refractivity contribution in [3.8, 4) is 11.1 Å². The smallest absolute Gasteiger partial charge is 0.336 e. The number of halogens is 1. The molecule has 0 fully saturated rings. The normalized spacial score (nSPS) is 14.4. The standard InChI is InChI=1S/C17H21ClN2O4S/c1-9-14(12-7-6-11(18)8-13(12)16(21)22)15(24-19-9)10(2)20-25(23)17(3,4)5/h6-8,10,20H,1-5H3,(H,21,22)/t10-,25?/m0/s1. The minimum atomic E-state index is -1.32. The van der Waals surface area contributed by atoms with Crippen molar-refractivity contribution in [3.05, 3.63) is 40.2 Å². The van der Waals surface area contributed by atoms with Gasteiger partial charge in [-0.25, -0.2) is 4.79 Å². The second kappa shape index (κ2) is 7.37. The number of hydrogen-bond acceptors (Lipinski definition) is 5. The highest BCUT2D eigenvalue weighted by Gasteiger charge is 2.32. The van der Waals surface area contributed by atoms with Gasteiger partial charge >= 0.3 is 5.97 Å². The Morgan fingerprint density at radius 3 is 2.64 bits per heavy atom. The van der Waals surface area contributed by atoms with Crippen molar-refractivity contribution in [3.63, 3.8) is 0 Å². The largest absolute Gasteiger partial charge is 0.598 e. The van der Waals surface area contributed by atoms with E-state index in [1.165, 1.54) is 6.07 Å². The lowest BCUT2D eigenvalue weighted by molar-refractivity contribution is 0.0697. The summed E-state index contributed by atoms with van der Waals surface area (Å²) in [6.45, 7) is 9.10. The van der Waals surface area contributed by atoms with Crippen LogP contribution in [0.5, 0.6) is 0 Å². The van der Waals surface area contributed by atoms with Crippen molar-refractivity contribution in [2.24, 2.45) is 0 Å². The molecule has 1 heterocycles. The summed E-state index contributed by atoms with van der Waals surface area (Å²) in [6, 6.07) is 4.21. The first kappa shape index (κ1) is 19.8. The van der Waals surface area contributed by atoms with Crippen LogP contribution in [0, 0.1) is 6.92 Å². The van der Waals surface area contributed by atoms with Crippen molar-refractivity contribution >= 4 is 28.9 Å². The van der Waals surface area contributed by atoms with E-state index >= 15 is 0 Å². The summed E-state index contributed by atoms with van der Waals surface area (Å²) in [4.78, 5) is 11.6. The second-order valence-electron chi connectivity index (χ2n) is 6.72. The maximum atomic E-state index is 12.3. The van der Waals surface area contributed by atoms with Crippen LogP contribution < -0.4 is 4.72 Å². The summed E-state index contributed by atoms with van der Waals surface area (Å²) in [5, 5.41) is 13.8. The van der Waals surface area contributed by atoms with E-state index in [4.69, 9.17) is 16.1 Å². The molecule has 8 heteroatoms. The van der Waals surface area contributed by atoms with Crippen LogP contribution in [0.1, 0.15) is 55.5 Å². The number of carbonyl (C=O) groups is 1. The van der Waals surface area contributed by atoms with E-state index in [-0.39, 0.29) is 5.56 Å². The lowest BCUT2D eigenvalue weighted by Crippen LogP contribution is -2.40. The van der Waals surface area contributed by atoms with Gasteiger partial charge in [0.15, 0.2) is 5.76 Å². The zero-order valence-corrected chi connectivity index (χ0v) is 16.3. The average molecular weight is 385 g/mol. The number of nitrogens with one attached hydrogen (secondary N) is 1. The molecule has 1 unspecified atom stereocenters. The minimum Gasteiger partial charge on any atom is -0.598 e.